The highest BCUT2D eigenvalue weighted by molar-refractivity contribution is 14.1. The molecule has 0 radical (unpaired) electrons. The molecule has 0 heterocycles. The Balaban J connectivity index is 2.00. The van der Waals surface area contributed by atoms with E-state index in [1.54, 1.807) is 30.3 Å². The molecule has 102 valence electrons. The van der Waals surface area contributed by atoms with Gasteiger partial charge in [-0.25, -0.2) is 0 Å². The lowest BCUT2D eigenvalue weighted by Crippen LogP contribution is -2.23. The van der Waals surface area contributed by atoms with Gasteiger partial charge in [0, 0.05) is 15.7 Å². The molecule has 0 unspecified atom stereocenters. The van der Waals surface area contributed by atoms with E-state index in [0.717, 1.165) is 9.13 Å². The van der Waals surface area contributed by atoms with E-state index >= 15 is 0 Å². The van der Waals surface area contributed by atoms with Crippen molar-refractivity contribution >= 4 is 34.4 Å². The predicted octanol–water partition coefficient (Wildman–Crippen LogP) is 2.32. The summed E-state index contributed by atoms with van der Waals surface area (Å²) in [5.41, 5.74) is 7.19. The second-order valence-electron chi connectivity index (χ2n) is 4.22. The fourth-order valence-corrected chi connectivity index (χ4v) is 2.34. The molecule has 2 aromatic rings. The number of hydrogen-bond acceptors (Lipinski definition) is 2. The fourth-order valence-electron chi connectivity index (χ4n) is 1.71. The van der Waals surface area contributed by atoms with Gasteiger partial charge >= 0.3 is 0 Å². The minimum Gasteiger partial charge on any atom is -0.366 e. The molecule has 2 amide bonds. The van der Waals surface area contributed by atoms with Crippen LogP contribution in [-0.2, 0) is 6.54 Å². The van der Waals surface area contributed by atoms with Crippen LogP contribution in [0.25, 0.3) is 0 Å². The average molecular weight is 380 g/mol. The van der Waals surface area contributed by atoms with Gasteiger partial charge in [0.05, 0.1) is 5.56 Å². The molecular weight excluding hydrogens is 367 g/mol. The maximum absolute atomic E-state index is 12.0. The molecule has 0 aliphatic carbocycles. The highest BCUT2D eigenvalue weighted by Gasteiger charge is 2.08. The molecule has 0 aliphatic rings. The van der Waals surface area contributed by atoms with E-state index in [4.69, 9.17) is 5.73 Å². The van der Waals surface area contributed by atoms with Crippen LogP contribution >= 0.6 is 22.6 Å². The van der Waals surface area contributed by atoms with E-state index in [-0.39, 0.29) is 5.91 Å². The number of nitrogens with two attached hydrogens (primary N) is 1. The van der Waals surface area contributed by atoms with Crippen LogP contribution in [0.4, 0.5) is 0 Å². The number of halogens is 1. The van der Waals surface area contributed by atoms with Gasteiger partial charge in [-0.1, -0.05) is 24.3 Å². The first-order valence-electron chi connectivity index (χ1n) is 5.99. The van der Waals surface area contributed by atoms with Gasteiger partial charge in [0.25, 0.3) is 5.91 Å². The molecule has 0 saturated carbocycles. The van der Waals surface area contributed by atoms with Crippen LogP contribution in [0.2, 0.25) is 0 Å². The molecule has 20 heavy (non-hydrogen) atoms. The van der Waals surface area contributed by atoms with Crippen molar-refractivity contribution in [2.24, 2.45) is 5.73 Å². The second-order valence-corrected chi connectivity index (χ2v) is 5.39. The minimum absolute atomic E-state index is 0.117. The molecule has 0 aliphatic heterocycles. The molecule has 0 atom stereocenters. The van der Waals surface area contributed by atoms with Crippen LogP contribution in [0.1, 0.15) is 26.3 Å². The summed E-state index contributed by atoms with van der Waals surface area (Å²) in [6.45, 7) is 0.406. The summed E-state index contributed by atoms with van der Waals surface area (Å²) in [5, 5.41) is 2.84. The predicted molar refractivity (Wildman–Crippen MR) is 85.3 cm³/mol. The Bertz CT molecular complexity index is 639. The first kappa shape index (κ1) is 14.5. The number of carbonyl (C=O) groups excluding carboxylic acids is 2. The normalized spacial score (nSPS) is 10.1. The Morgan fingerprint density at radius 1 is 1.05 bits per heavy atom. The summed E-state index contributed by atoms with van der Waals surface area (Å²) in [6, 6.07) is 14.2. The SMILES string of the molecule is NC(=O)c1ccc(CNC(=O)c2ccccc2I)cc1. The number of hydrogen-bond donors (Lipinski definition) is 2. The van der Waals surface area contributed by atoms with Crippen LogP contribution in [-0.4, -0.2) is 11.8 Å². The van der Waals surface area contributed by atoms with E-state index in [1.165, 1.54) is 0 Å². The van der Waals surface area contributed by atoms with Crippen molar-refractivity contribution in [2.75, 3.05) is 0 Å². The molecular formula is C15H13IN2O2. The first-order chi connectivity index (χ1) is 9.58. The summed E-state index contributed by atoms with van der Waals surface area (Å²) in [7, 11) is 0. The minimum atomic E-state index is -0.459. The van der Waals surface area contributed by atoms with E-state index in [2.05, 4.69) is 27.9 Å². The second kappa shape index (κ2) is 6.51. The number of benzene rings is 2. The lowest BCUT2D eigenvalue weighted by atomic mass is 10.1. The van der Waals surface area contributed by atoms with E-state index in [1.807, 2.05) is 18.2 Å². The smallest absolute Gasteiger partial charge is 0.252 e. The van der Waals surface area contributed by atoms with Crippen molar-refractivity contribution in [3.8, 4) is 0 Å². The average Bonchev–Trinajstić information content (AvgIpc) is 2.45. The van der Waals surface area contributed by atoms with Crippen molar-refractivity contribution in [3.05, 3.63) is 68.8 Å². The van der Waals surface area contributed by atoms with Crippen molar-refractivity contribution in [1.82, 2.24) is 5.32 Å². The Labute approximate surface area is 130 Å². The summed E-state index contributed by atoms with van der Waals surface area (Å²) in [4.78, 5) is 23.0. The van der Waals surface area contributed by atoms with Crippen LogP contribution in [0.5, 0.6) is 0 Å². The third kappa shape index (κ3) is 3.57. The lowest BCUT2D eigenvalue weighted by Gasteiger charge is -2.07. The molecule has 2 rings (SSSR count). The number of amides is 2. The first-order valence-corrected chi connectivity index (χ1v) is 7.07. The van der Waals surface area contributed by atoms with Gasteiger partial charge in [-0.2, -0.15) is 0 Å². The van der Waals surface area contributed by atoms with Gasteiger partial charge in [0.1, 0.15) is 0 Å². The molecule has 3 N–H and O–H groups in total. The maximum Gasteiger partial charge on any atom is 0.252 e. The molecule has 0 saturated heterocycles. The Hall–Kier alpha value is -1.89. The van der Waals surface area contributed by atoms with E-state index in [0.29, 0.717) is 17.7 Å². The zero-order chi connectivity index (χ0) is 14.5. The number of carbonyl (C=O) groups is 2. The molecule has 0 fully saturated rings. The number of nitrogens with one attached hydrogen (secondary N) is 1. The molecule has 5 heteroatoms. The largest absolute Gasteiger partial charge is 0.366 e. The van der Waals surface area contributed by atoms with Gasteiger partial charge < -0.3 is 11.1 Å². The molecule has 0 spiro atoms. The van der Waals surface area contributed by atoms with Crippen LogP contribution in [0.3, 0.4) is 0 Å². The van der Waals surface area contributed by atoms with Gasteiger partial charge in [-0.05, 0) is 52.4 Å². The van der Waals surface area contributed by atoms with E-state index in [9.17, 15) is 9.59 Å². The zero-order valence-electron chi connectivity index (χ0n) is 10.6. The van der Waals surface area contributed by atoms with Crippen LogP contribution < -0.4 is 11.1 Å². The highest BCUT2D eigenvalue weighted by atomic mass is 127. The van der Waals surface area contributed by atoms with Crippen molar-refractivity contribution in [2.45, 2.75) is 6.54 Å². The molecule has 0 bridgehead atoms. The Morgan fingerprint density at radius 2 is 1.70 bits per heavy atom. The topological polar surface area (TPSA) is 72.2 Å². The van der Waals surface area contributed by atoms with Crippen LogP contribution in [0.15, 0.2) is 48.5 Å². The van der Waals surface area contributed by atoms with Crippen molar-refractivity contribution < 1.29 is 9.59 Å². The van der Waals surface area contributed by atoms with Crippen molar-refractivity contribution in [3.63, 3.8) is 0 Å². The zero-order valence-corrected chi connectivity index (χ0v) is 12.8. The van der Waals surface area contributed by atoms with E-state index < -0.39 is 5.91 Å². The maximum atomic E-state index is 12.0. The third-order valence-electron chi connectivity index (χ3n) is 2.81. The quantitative estimate of drug-likeness (QED) is 0.800. The van der Waals surface area contributed by atoms with Gasteiger partial charge in [-0.15, -0.1) is 0 Å². The van der Waals surface area contributed by atoms with Gasteiger partial charge in [0.15, 0.2) is 0 Å². The Morgan fingerprint density at radius 3 is 2.30 bits per heavy atom. The fraction of sp³-hybridized carbons (Fsp3) is 0.0667. The number of rotatable bonds is 4. The lowest BCUT2D eigenvalue weighted by molar-refractivity contribution is 0.0948. The standard InChI is InChI=1S/C15H13IN2O2/c16-13-4-2-1-3-12(13)15(20)18-9-10-5-7-11(8-6-10)14(17)19/h1-8H,9H2,(H2,17,19)(H,18,20). The molecule has 0 aromatic heterocycles. The third-order valence-corrected chi connectivity index (χ3v) is 3.75. The summed E-state index contributed by atoms with van der Waals surface area (Å²) < 4.78 is 0.909. The van der Waals surface area contributed by atoms with Gasteiger partial charge in [0.2, 0.25) is 5.91 Å². The summed E-state index contributed by atoms with van der Waals surface area (Å²) in [5.74, 6) is -0.576. The van der Waals surface area contributed by atoms with Gasteiger partial charge in [-0.3, -0.25) is 9.59 Å². The van der Waals surface area contributed by atoms with Crippen LogP contribution in [0, 0.1) is 3.57 Å². The number of primary amides is 1. The molecule has 4 nitrogen and oxygen atoms in total. The monoisotopic (exact) mass is 380 g/mol. The van der Waals surface area contributed by atoms with Crippen molar-refractivity contribution in [1.29, 1.82) is 0 Å². The summed E-state index contributed by atoms with van der Waals surface area (Å²) in [6.07, 6.45) is 0. The highest BCUT2D eigenvalue weighted by Crippen LogP contribution is 2.11. The molecule has 2 aromatic carbocycles. The Kier molecular flexibility index (Phi) is 4.73. The summed E-state index contributed by atoms with van der Waals surface area (Å²) >= 11 is 2.13.